The third-order valence-corrected chi connectivity index (χ3v) is 3.39. The normalized spacial score (nSPS) is 10.7. The zero-order chi connectivity index (χ0) is 15.0. The molecule has 0 radical (unpaired) electrons. The topological polar surface area (TPSA) is 41.1 Å². The lowest BCUT2D eigenvalue weighted by Crippen LogP contribution is -2.22. The molecule has 4 heteroatoms. The second-order valence-electron chi connectivity index (χ2n) is 5.39. The fraction of sp³-hybridized carbons (Fsp3) is 0.750. The van der Waals surface area contributed by atoms with Crippen molar-refractivity contribution >= 4 is 11.6 Å². The Kier molecular flexibility index (Phi) is 7.34. The predicted octanol–water partition coefficient (Wildman–Crippen LogP) is 3.80. The molecule has 0 aliphatic heterocycles. The van der Waals surface area contributed by atoms with E-state index in [9.17, 15) is 0 Å². The standard InChI is InChI=1S/C16H30N4/c1-6-9-12-20(5)16-13(4)15(17-11-8-3)18-14(19-16)10-7-2/h6-12H2,1-5H3,(H,17,18,19). The van der Waals surface area contributed by atoms with E-state index in [-0.39, 0.29) is 0 Å². The number of anilines is 2. The highest BCUT2D eigenvalue weighted by Gasteiger charge is 2.13. The van der Waals surface area contributed by atoms with Crippen LogP contribution in [0.3, 0.4) is 0 Å². The molecule has 0 spiro atoms. The van der Waals surface area contributed by atoms with Crippen LogP contribution in [-0.4, -0.2) is 30.1 Å². The Hall–Kier alpha value is -1.32. The average Bonchev–Trinajstić information content (AvgIpc) is 2.45. The molecule has 0 amide bonds. The number of aromatic nitrogens is 2. The molecule has 0 saturated heterocycles. The molecule has 1 aromatic rings. The summed E-state index contributed by atoms with van der Waals surface area (Å²) in [4.78, 5) is 11.7. The largest absolute Gasteiger partial charge is 0.370 e. The van der Waals surface area contributed by atoms with E-state index in [1.165, 1.54) is 12.8 Å². The molecule has 0 unspecified atom stereocenters. The monoisotopic (exact) mass is 278 g/mol. The van der Waals surface area contributed by atoms with E-state index in [2.05, 4.69) is 49.9 Å². The average molecular weight is 278 g/mol. The molecule has 0 fully saturated rings. The maximum absolute atomic E-state index is 4.76. The summed E-state index contributed by atoms with van der Waals surface area (Å²) in [5.41, 5.74) is 1.16. The summed E-state index contributed by atoms with van der Waals surface area (Å²) in [6.07, 6.45) is 5.52. The second kappa shape index (κ2) is 8.77. The third kappa shape index (κ3) is 4.66. The Bertz CT molecular complexity index is 404. The molecular weight excluding hydrogens is 248 g/mol. The molecular formula is C16H30N4. The van der Waals surface area contributed by atoms with Gasteiger partial charge in [0.15, 0.2) is 0 Å². The third-order valence-electron chi connectivity index (χ3n) is 3.39. The lowest BCUT2D eigenvalue weighted by Gasteiger charge is -2.22. The summed E-state index contributed by atoms with van der Waals surface area (Å²) in [6, 6.07) is 0. The summed E-state index contributed by atoms with van der Waals surface area (Å²) in [5, 5.41) is 3.44. The summed E-state index contributed by atoms with van der Waals surface area (Å²) in [6.45, 7) is 10.7. The van der Waals surface area contributed by atoms with Crippen molar-refractivity contribution < 1.29 is 0 Å². The first kappa shape index (κ1) is 16.7. The van der Waals surface area contributed by atoms with E-state index in [1.54, 1.807) is 0 Å². The molecule has 0 bridgehead atoms. The highest BCUT2D eigenvalue weighted by atomic mass is 15.2. The van der Waals surface area contributed by atoms with Crippen LogP contribution < -0.4 is 10.2 Å². The van der Waals surface area contributed by atoms with E-state index in [4.69, 9.17) is 4.98 Å². The minimum Gasteiger partial charge on any atom is -0.370 e. The molecule has 0 saturated carbocycles. The van der Waals surface area contributed by atoms with Crippen LogP contribution in [0.15, 0.2) is 0 Å². The lowest BCUT2D eigenvalue weighted by atomic mass is 10.2. The lowest BCUT2D eigenvalue weighted by molar-refractivity contribution is 0.746. The van der Waals surface area contributed by atoms with Crippen molar-refractivity contribution in [3.63, 3.8) is 0 Å². The van der Waals surface area contributed by atoms with Crippen LogP contribution >= 0.6 is 0 Å². The van der Waals surface area contributed by atoms with Crippen LogP contribution in [0, 0.1) is 6.92 Å². The molecule has 4 nitrogen and oxygen atoms in total. The van der Waals surface area contributed by atoms with Gasteiger partial charge in [-0.05, 0) is 26.2 Å². The van der Waals surface area contributed by atoms with Crippen LogP contribution in [-0.2, 0) is 6.42 Å². The molecule has 0 aliphatic carbocycles. The molecule has 1 N–H and O–H groups in total. The first-order valence-electron chi connectivity index (χ1n) is 7.96. The van der Waals surface area contributed by atoms with Gasteiger partial charge < -0.3 is 10.2 Å². The van der Waals surface area contributed by atoms with Gasteiger partial charge in [-0.2, -0.15) is 0 Å². The molecule has 20 heavy (non-hydrogen) atoms. The van der Waals surface area contributed by atoms with Crippen molar-refractivity contribution in [2.75, 3.05) is 30.4 Å². The number of rotatable bonds is 9. The van der Waals surface area contributed by atoms with Gasteiger partial charge in [-0.3, -0.25) is 0 Å². The zero-order valence-electron chi connectivity index (χ0n) is 13.8. The van der Waals surface area contributed by atoms with E-state index in [0.29, 0.717) is 0 Å². The smallest absolute Gasteiger partial charge is 0.137 e. The van der Waals surface area contributed by atoms with Gasteiger partial charge >= 0.3 is 0 Å². The van der Waals surface area contributed by atoms with Gasteiger partial charge in [0.1, 0.15) is 17.5 Å². The Morgan fingerprint density at radius 3 is 2.40 bits per heavy atom. The molecule has 0 aromatic carbocycles. The van der Waals surface area contributed by atoms with Crippen molar-refractivity contribution in [3.8, 4) is 0 Å². The van der Waals surface area contributed by atoms with Gasteiger partial charge in [0.25, 0.3) is 0 Å². The summed E-state index contributed by atoms with van der Waals surface area (Å²) >= 11 is 0. The Morgan fingerprint density at radius 1 is 1.05 bits per heavy atom. The SMILES string of the molecule is CCCCN(C)c1nc(CCC)nc(NCCC)c1C. The van der Waals surface area contributed by atoms with E-state index < -0.39 is 0 Å². The minimum atomic E-state index is 0.940. The first-order valence-corrected chi connectivity index (χ1v) is 7.96. The second-order valence-corrected chi connectivity index (χ2v) is 5.39. The molecule has 114 valence electrons. The van der Waals surface area contributed by atoms with E-state index in [1.807, 2.05) is 0 Å². The fourth-order valence-electron chi connectivity index (χ4n) is 2.17. The molecule has 1 aromatic heterocycles. The molecule has 1 heterocycles. The summed E-state index contributed by atoms with van der Waals surface area (Å²) in [7, 11) is 2.13. The van der Waals surface area contributed by atoms with Crippen molar-refractivity contribution in [1.29, 1.82) is 0 Å². The fourth-order valence-corrected chi connectivity index (χ4v) is 2.17. The summed E-state index contributed by atoms with van der Waals surface area (Å²) in [5.74, 6) is 3.04. The number of aryl methyl sites for hydroxylation is 1. The number of nitrogens with zero attached hydrogens (tertiary/aromatic N) is 3. The van der Waals surface area contributed by atoms with Gasteiger partial charge in [0.2, 0.25) is 0 Å². The van der Waals surface area contributed by atoms with Crippen molar-refractivity contribution in [1.82, 2.24) is 9.97 Å². The van der Waals surface area contributed by atoms with E-state index in [0.717, 1.165) is 55.4 Å². The van der Waals surface area contributed by atoms with Gasteiger partial charge in [0, 0.05) is 32.1 Å². The van der Waals surface area contributed by atoms with Gasteiger partial charge in [-0.1, -0.05) is 27.2 Å². The zero-order valence-corrected chi connectivity index (χ0v) is 13.8. The van der Waals surface area contributed by atoms with Crippen molar-refractivity contribution in [2.24, 2.45) is 0 Å². The Balaban J connectivity index is 3.02. The predicted molar refractivity (Wildman–Crippen MR) is 87.7 cm³/mol. The van der Waals surface area contributed by atoms with Crippen LogP contribution in [0.4, 0.5) is 11.6 Å². The minimum absolute atomic E-state index is 0.940. The van der Waals surface area contributed by atoms with Crippen LogP contribution in [0.2, 0.25) is 0 Å². The highest BCUT2D eigenvalue weighted by Crippen LogP contribution is 2.23. The molecule has 0 aliphatic rings. The van der Waals surface area contributed by atoms with Gasteiger partial charge in [-0.15, -0.1) is 0 Å². The maximum Gasteiger partial charge on any atom is 0.137 e. The van der Waals surface area contributed by atoms with Crippen LogP contribution in [0.1, 0.15) is 57.8 Å². The Labute approximate surface area is 124 Å². The number of unbranched alkanes of at least 4 members (excludes halogenated alkanes) is 1. The highest BCUT2D eigenvalue weighted by molar-refractivity contribution is 5.58. The first-order chi connectivity index (χ1) is 9.63. The van der Waals surface area contributed by atoms with Crippen molar-refractivity contribution in [2.45, 2.75) is 59.8 Å². The quantitative estimate of drug-likeness (QED) is 0.746. The van der Waals surface area contributed by atoms with E-state index >= 15 is 0 Å². The van der Waals surface area contributed by atoms with Gasteiger partial charge in [0.05, 0.1) is 0 Å². The number of nitrogens with one attached hydrogen (secondary N) is 1. The number of hydrogen-bond acceptors (Lipinski definition) is 4. The Morgan fingerprint density at radius 2 is 1.80 bits per heavy atom. The van der Waals surface area contributed by atoms with Crippen molar-refractivity contribution in [3.05, 3.63) is 11.4 Å². The molecule has 0 atom stereocenters. The van der Waals surface area contributed by atoms with Crippen LogP contribution in [0.25, 0.3) is 0 Å². The molecule has 1 rings (SSSR count). The summed E-state index contributed by atoms with van der Waals surface area (Å²) < 4.78 is 0. The maximum atomic E-state index is 4.76. The number of hydrogen-bond donors (Lipinski definition) is 1. The van der Waals surface area contributed by atoms with Gasteiger partial charge in [-0.25, -0.2) is 9.97 Å². The van der Waals surface area contributed by atoms with Crippen LogP contribution in [0.5, 0.6) is 0 Å².